The Labute approximate surface area is 189 Å². The zero-order valence-corrected chi connectivity index (χ0v) is 18.6. The normalized spacial score (nSPS) is 13.2. The lowest BCUT2D eigenvalue weighted by Crippen LogP contribution is -2.35. The number of aryl methyl sites for hydroxylation is 2. The van der Waals surface area contributed by atoms with E-state index in [1.165, 1.54) is 16.9 Å². The highest BCUT2D eigenvalue weighted by Gasteiger charge is 2.27. The number of thiophene rings is 1. The number of ether oxygens (including phenoxy) is 1. The summed E-state index contributed by atoms with van der Waals surface area (Å²) in [5.41, 5.74) is 2.86. The molecule has 7 heteroatoms. The van der Waals surface area contributed by atoms with Crippen LogP contribution in [0.1, 0.15) is 26.4 Å². The second-order valence-electron chi connectivity index (χ2n) is 7.87. The molecule has 0 radical (unpaired) electrons. The summed E-state index contributed by atoms with van der Waals surface area (Å²) in [6, 6.07) is 17.3. The third kappa shape index (κ3) is 3.80. The molecule has 2 aromatic carbocycles. The fraction of sp³-hybridized carbons (Fsp3) is 0.240. The van der Waals surface area contributed by atoms with E-state index in [0.717, 1.165) is 21.7 Å². The van der Waals surface area contributed by atoms with Crippen LogP contribution in [0.25, 0.3) is 10.2 Å². The minimum absolute atomic E-state index is 0.0102. The van der Waals surface area contributed by atoms with Gasteiger partial charge in [0.1, 0.15) is 10.6 Å². The smallest absolute Gasteiger partial charge is 0.262 e. The third-order valence-corrected chi connectivity index (χ3v) is 7.04. The summed E-state index contributed by atoms with van der Waals surface area (Å²) in [5, 5.41) is 0.717. The molecule has 1 amide bonds. The number of hydrogen-bond acceptors (Lipinski definition) is 5. The van der Waals surface area contributed by atoms with Gasteiger partial charge in [-0.2, -0.15) is 0 Å². The molecule has 0 bridgehead atoms. The van der Waals surface area contributed by atoms with Crippen molar-refractivity contribution in [2.24, 2.45) is 0 Å². The molecule has 0 N–H and O–H groups in total. The van der Waals surface area contributed by atoms with Crippen LogP contribution < -0.4 is 10.3 Å². The topological polar surface area (TPSA) is 64.4 Å². The van der Waals surface area contributed by atoms with Crippen LogP contribution in [0.4, 0.5) is 0 Å². The number of amides is 1. The lowest BCUT2D eigenvalue weighted by molar-refractivity contribution is 0.0737. The van der Waals surface area contributed by atoms with E-state index in [2.05, 4.69) is 17.1 Å². The van der Waals surface area contributed by atoms with Crippen LogP contribution in [0.5, 0.6) is 5.75 Å². The van der Waals surface area contributed by atoms with E-state index in [1.54, 1.807) is 30.1 Å². The van der Waals surface area contributed by atoms with Gasteiger partial charge in [0.25, 0.3) is 11.5 Å². The van der Waals surface area contributed by atoms with Gasteiger partial charge in [0.05, 0.1) is 25.4 Å². The fourth-order valence-electron chi connectivity index (χ4n) is 4.18. The second-order valence-corrected chi connectivity index (χ2v) is 8.95. The average Bonchev–Trinajstić information content (AvgIpc) is 3.22. The van der Waals surface area contributed by atoms with Crippen LogP contribution in [0.15, 0.2) is 65.7 Å². The molecule has 0 saturated heterocycles. The molecular weight excluding hydrogens is 422 g/mol. The number of carbonyl (C=O) groups excluding carboxylic acids is 1. The van der Waals surface area contributed by atoms with Crippen molar-refractivity contribution in [1.29, 1.82) is 0 Å². The Kier molecular flexibility index (Phi) is 5.49. The molecule has 3 heterocycles. The molecule has 0 saturated carbocycles. The van der Waals surface area contributed by atoms with E-state index in [9.17, 15) is 9.59 Å². The van der Waals surface area contributed by atoms with Crippen LogP contribution in [0, 0.1) is 0 Å². The summed E-state index contributed by atoms with van der Waals surface area (Å²) in [4.78, 5) is 34.5. The van der Waals surface area contributed by atoms with Crippen LogP contribution in [0.2, 0.25) is 0 Å². The Balaban J connectivity index is 1.40. The predicted octanol–water partition coefficient (Wildman–Crippen LogP) is 3.91. The van der Waals surface area contributed by atoms with Crippen molar-refractivity contribution < 1.29 is 9.53 Å². The standard InChI is InChI=1S/C25H23N3O3S/c1-31-19-9-5-8-18(14-19)24(29)27-13-11-20-21(15-27)32-23-22(20)25(30)28(16-26-23)12-10-17-6-3-2-4-7-17/h2-9,14,16H,10-13,15H2,1H3. The molecule has 0 aliphatic carbocycles. The molecule has 162 valence electrons. The lowest BCUT2D eigenvalue weighted by Gasteiger charge is -2.27. The first-order chi connectivity index (χ1) is 15.6. The van der Waals surface area contributed by atoms with E-state index in [-0.39, 0.29) is 11.5 Å². The van der Waals surface area contributed by atoms with Gasteiger partial charge in [0.15, 0.2) is 0 Å². The maximum atomic E-state index is 13.2. The summed E-state index contributed by atoms with van der Waals surface area (Å²) in [6.45, 7) is 1.67. The number of nitrogens with zero attached hydrogens (tertiary/aromatic N) is 3. The monoisotopic (exact) mass is 445 g/mol. The van der Waals surface area contributed by atoms with Crippen LogP contribution in [0.3, 0.4) is 0 Å². The average molecular weight is 446 g/mol. The van der Waals surface area contributed by atoms with Crippen molar-refractivity contribution in [2.75, 3.05) is 13.7 Å². The van der Waals surface area contributed by atoms with Crippen molar-refractivity contribution in [1.82, 2.24) is 14.5 Å². The molecule has 6 nitrogen and oxygen atoms in total. The quantitative estimate of drug-likeness (QED) is 0.467. The summed E-state index contributed by atoms with van der Waals surface area (Å²) >= 11 is 1.52. The molecule has 0 unspecified atom stereocenters. The highest BCUT2D eigenvalue weighted by Crippen LogP contribution is 2.33. The van der Waals surface area contributed by atoms with Crippen molar-refractivity contribution >= 4 is 27.5 Å². The molecule has 4 aromatic rings. The molecular formula is C25H23N3O3S. The molecule has 1 aliphatic heterocycles. The Morgan fingerprint density at radius 2 is 2.00 bits per heavy atom. The van der Waals surface area contributed by atoms with Gasteiger partial charge in [-0.15, -0.1) is 11.3 Å². The molecule has 5 rings (SSSR count). The first kappa shape index (κ1) is 20.5. The molecule has 1 aliphatic rings. The summed E-state index contributed by atoms with van der Waals surface area (Å²) in [7, 11) is 1.59. The minimum atomic E-state index is -0.0276. The maximum Gasteiger partial charge on any atom is 0.262 e. The van der Waals surface area contributed by atoms with Crippen molar-refractivity contribution in [3.05, 3.63) is 92.8 Å². The Hall–Kier alpha value is -3.45. The summed E-state index contributed by atoms with van der Waals surface area (Å²) in [5.74, 6) is 0.635. The van der Waals surface area contributed by atoms with E-state index < -0.39 is 0 Å². The van der Waals surface area contributed by atoms with Gasteiger partial charge in [-0.3, -0.25) is 14.2 Å². The second kappa shape index (κ2) is 8.59. The fourth-order valence-corrected chi connectivity index (χ4v) is 5.38. The minimum Gasteiger partial charge on any atom is -0.497 e. The van der Waals surface area contributed by atoms with Gasteiger partial charge in [-0.1, -0.05) is 36.4 Å². The number of carbonyl (C=O) groups is 1. The van der Waals surface area contributed by atoms with Gasteiger partial charge in [-0.05, 0) is 42.2 Å². The highest BCUT2D eigenvalue weighted by molar-refractivity contribution is 7.18. The number of fused-ring (bicyclic) bond motifs is 3. The number of aromatic nitrogens is 2. The Bertz CT molecular complexity index is 1340. The van der Waals surface area contributed by atoms with Crippen molar-refractivity contribution in [2.45, 2.75) is 25.9 Å². The van der Waals surface area contributed by atoms with Crippen LogP contribution in [-0.2, 0) is 25.9 Å². The Morgan fingerprint density at radius 1 is 1.16 bits per heavy atom. The lowest BCUT2D eigenvalue weighted by atomic mass is 10.0. The van der Waals surface area contributed by atoms with Gasteiger partial charge < -0.3 is 9.64 Å². The first-order valence-corrected chi connectivity index (χ1v) is 11.4. The largest absolute Gasteiger partial charge is 0.497 e. The van der Waals surface area contributed by atoms with Crippen LogP contribution >= 0.6 is 11.3 Å². The van der Waals surface area contributed by atoms with Gasteiger partial charge in [0, 0.05) is 23.5 Å². The SMILES string of the molecule is COc1cccc(C(=O)N2CCc3c(sc4ncn(CCc5ccccc5)c(=O)c34)C2)c1. The Morgan fingerprint density at radius 3 is 2.81 bits per heavy atom. The number of hydrogen-bond donors (Lipinski definition) is 0. The molecule has 2 aromatic heterocycles. The number of benzene rings is 2. The van der Waals surface area contributed by atoms with Crippen molar-refractivity contribution in [3.8, 4) is 5.75 Å². The number of methoxy groups -OCH3 is 1. The highest BCUT2D eigenvalue weighted by atomic mass is 32.1. The van der Waals surface area contributed by atoms with E-state index in [0.29, 0.717) is 42.8 Å². The molecule has 0 fully saturated rings. The summed E-state index contributed by atoms with van der Waals surface area (Å²) < 4.78 is 6.95. The van der Waals surface area contributed by atoms with Crippen LogP contribution in [-0.4, -0.2) is 34.0 Å². The predicted molar refractivity (Wildman–Crippen MR) is 125 cm³/mol. The molecule has 0 atom stereocenters. The first-order valence-electron chi connectivity index (χ1n) is 10.6. The maximum absolute atomic E-state index is 13.2. The summed E-state index contributed by atoms with van der Waals surface area (Å²) in [6.07, 6.45) is 3.09. The van der Waals surface area contributed by atoms with E-state index in [1.807, 2.05) is 35.2 Å². The molecule has 32 heavy (non-hydrogen) atoms. The van der Waals surface area contributed by atoms with E-state index in [4.69, 9.17) is 4.74 Å². The van der Waals surface area contributed by atoms with Gasteiger partial charge >= 0.3 is 0 Å². The van der Waals surface area contributed by atoms with Gasteiger partial charge in [0.2, 0.25) is 0 Å². The van der Waals surface area contributed by atoms with Gasteiger partial charge in [-0.25, -0.2) is 4.98 Å². The van der Waals surface area contributed by atoms with E-state index >= 15 is 0 Å². The zero-order valence-electron chi connectivity index (χ0n) is 17.8. The van der Waals surface area contributed by atoms with Crippen molar-refractivity contribution in [3.63, 3.8) is 0 Å². The molecule has 0 spiro atoms. The third-order valence-electron chi connectivity index (χ3n) is 5.92. The number of rotatable bonds is 5. The zero-order chi connectivity index (χ0) is 22.1.